The van der Waals surface area contributed by atoms with Gasteiger partial charge in [0.2, 0.25) is 0 Å². The number of fused-ring (bicyclic) bond motifs is 1. The molecule has 234 valence electrons. The van der Waals surface area contributed by atoms with Crippen molar-refractivity contribution in [2.45, 2.75) is 29.6 Å². The third-order valence-electron chi connectivity index (χ3n) is 7.33. The standard InChI is InChI=1S/C36H28N4O5S2/c1-2-3-21-40-34(43)30(46-36(40)44)23-27-18-19-31(45-27)47-35-38-28-12-7-8-13-29(28)39(35)22-9-20-37-33(42)26-16-14-25(15-17-26)32(41)24-10-5-4-6-11-24/h1,4-8,10-19,23H,3,9,20-22H2,(H,37,42). The Balaban J connectivity index is 1.08. The van der Waals surface area contributed by atoms with Crippen LogP contribution >= 0.6 is 23.5 Å². The maximum atomic E-state index is 12.8. The number of nitrogens with zero attached hydrogens (tertiary/aromatic N) is 3. The quantitative estimate of drug-likeness (QED) is 0.0666. The molecule has 3 aromatic carbocycles. The second-order valence-corrected chi connectivity index (χ2v) is 12.4. The highest BCUT2D eigenvalue weighted by Gasteiger charge is 2.34. The first-order chi connectivity index (χ1) is 22.9. The van der Waals surface area contributed by atoms with E-state index in [4.69, 9.17) is 15.8 Å². The molecule has 0 unspecified atom stereocenters. The molecule has 1 N–H and O–H groups in total. The van der Waals surface area contributed by atoms with Crippen LogP contribution in [0.5, 0.6) is 0 Å². The molecule has 1 saturated heterocycles. The summed E-state index contributed by atoms with van der Waals surface area (Å²) in [7, 11) is 0. The number of para-hydroxylation sites is 2. The summed E-state index contributed by atoms with van der Waals surface area (Å²) in [6.45, 7) is 1.20. The molecule has 0 saturated carbocycles. The predicted molar refractivity (Wildman–Crippen MR) is 182 cm³/mol. The summed E-state index contributed by atoms with van der Waals surface area (Å²) >= 11 is 2.21. The van der Waals surface area contributed by atoms with E-state index in [-0.39, 0.29) is 34.3 Å². The van der Waals surface area contributed by atoms with Gasteiger partial charge in [0.15, 0.2) is 16.0 Å². The predicted octanol–water partition coefficient (Wildman–Crippen LogP) is 6.89. The van der Waals surface area contributed by atoms with Crippen LogP contribution in [0.1, 0.15) is 44.9 Å². The summed E-state index contributed by atoms with van der Waals surface area (Å²) in [6.07, 6.45) is 7.78. The molecule has 1 aliphatic rings. The van der Waals surface area contributed by atoms with Crippen molar-refractivity contribution >= 4 is 63.5 Å². The van der Waals surface area contributed by atoms with Crippen LogP contribution in [-0.4, -0.2) is 50.4 Å². The zero-order valence-electron chi connectivity index (χ0n) is 25.0. The lowest BCUT2D eigenvalue weighted by atomic mass is 10.0. The Labute approximate surface area is 279 Å². The summed E-state index contributed by atoms with van der Waals surface area (Å²) in [5, 5.41) is 3.90. The average Bonchev–Trinajstić information content (AvgIpc) is 3.77. The van der Waals surface area contributed by atoms with Gasteiger partial charge in [0, 0.05) is 48.8 Å². The van der Waals surface area contributed by atoms with Gasteiger partial charge in [-0.1, -0.05) is 54.6 Å². The lowest BCUT2D eigenvalue weighted by Crippen LogP contribution is -2.28. The zero-order chi connectivity index (χ0) is 32.8. The second kappa shape index (κ2) is 14.4. The fourth-order valence-corrected chi connectivity index (χ4v) is 6.72. The largest absolute Gasteiger partial charge is 0.450 e. The van der Waals surface area contributed by atoms with E-state index in [9.17, 15) is 19.2 Å². The van der Waals surface area contributed by atoms with Gasteiger partial charge in [0.25, 0.3) is 17.1 Å². The number of hydrogen-bond donors (Lipinski definition) is 1. The number of amides is 3. The SMILES string of the molecule is C#CCCN1C(=O)SC(=Cc2ccc(Sc3nc4ccccc4n3CCCNC(=O)c3ccc(C(=O)c4ccccc4)cc3)o2)C1=O. The van der Waals surface area contributed by atoms with Crippen LogP contribution in [-0.2, 0) is 11.3 Å². The van der Waals surface area contributed by atoms with Gasteiger partial charge in [-0.15, -0.1) is 12.3 Å². The van der Waals surface area contributed by atoms with E-state index < -0.39 is 0 Å². The lowest BCUT2D eigenvalue weighted by Gasteiger charge is -2.10. The van der Waals surface area contributed by atoms with E-state index in [1.165, 1.54) is 11.8 Å². The molecule has 0 spiro atoms. The highest BCUT2D eigenvalue weighted by atomic mass is 32.2. The van der Waals surface area contributed by atoms with Crippen LogP contribution in [0.15, 0.2) is 111 Å². The number of carbonyl (C=O) groups excluding carboxylic acids is 4. The molecule has 1 aliphatic heterocycles. The molecular formula is C36H28N4O5S2. The molecule has 11 heteroatoms. The number of imidazole rings is 1. The fourth-order valence-electron chi connectivity index (χ4n) is 4.97. The molecule has 6 rings (SSSR count). The van der Waals surface area contributed by atoms with Crippen molar-refractivity contribution < 1.29 is 23.6 Å². The highest BCUT2D eigenvalue weighted by molar-refractivity contribution is 8.18. The molecule has 1 fully saturated rings. The van der Waals surface area contributed by atoms with Crippen LogP contribution in [0.2, 0.25) is 0 Å². The zero-order valence-corrected chi connectivity index (χ0v) is 26.7. The Kier molecular flexibility index (Phi) is 9.71. The molecule has 0 atom stereocenters. The molecule has 2 aromatic heterocycles. The molecule has 3 amide bonds. The minimum absolute atomic E-state index is 0.0932. The van der Waals surface area contributed by atoms with Gasteiger partial charge in [0.05, 0.1) is 15.9 Å². The number of hydrogen-bond acceptors (Lipinski definition) is 8. The number of terminal acetylenes is 1. The smallest absolute Gasteiger partial charge is 0.293 e. The summed E-state index contributed by atoms with van der Waals surface area (Å²) in [5.74, 6) is 2.19. The molecule has 0 bridgehead atoms. The number of nitrogens with one attached hydrogen (secondary N) is 1. The monoisotopic (exact) mass is 660 g/mol. The van der Waals surface area contributed by atoms with Crippen molar-refractivity contribution in [3.8, 4) is 12.3 Å². The van der Waals surface area contributed by atoms with E-state index in [0.717, 1.165) is 27.7 Å². The number of benzene rings is 3. The first-order valence-corrected chi connectivity index (χ1v) is 16.4. The van der Waals surface area contributed by atoms with Crippen LogP contribution in [0, 0.1) is 12.3 Å². The number of imide groups is 1. The minimum Gasteiger partial charge on any atom is -0.450 e. The van der Waals surface area contributed by atoms with Gasteiger partial charge in [-0.3, -0.25) is 24.1 Å². The van der Waals surface area contributed by atoms with Gasteiger partial charge in [-0.25, -0.2) is 4.98 Å². The molecule has 47 heavy (non-hydrogen) atoms. The minimum atomic E-state index is -0.384. The number of ketones is 1. The van der Waals surface area contributed by atoms with Gasteiger partial charge in [0.1, 0.15) is 5.76 Å². The van der Waals surface area contributed by atoms with E-state index in [1.54, 1.807) is 54.6 Å². The Hall–Kier alpha value is -5.31. The fraction of sp³-hybridized carbons (Fsp3) is 0.139. The maximum Gasteiger partial charge on any atom is 0.293 e. The van der Waals surface area contributed by atoms with Crippen LogP contribution in [0.4, 0.5) is 4.79 Å². The third kappa shape index (κ3) is 7.25. The maximum absolute atomic E-state index is 12.8. The Morgan fingerprint density at radius 3 is 2.43 bits per heavy atom. The molecule has 5 aromatic rings. The van der Waals surface area contributed by atoms with Gasteiger partial charge >= 0.3 is 0 Å². The van der Waals surface area contributed by atoms with E-state index in [1.807, 2.05) is 42.5 Å². The van der Waals surface area contributed by atoms with Crippen LogP contribution < -0.4 is 5.32 Å². The molecular weight excluding hydrogens is 633 g/mol. The normalized spacial score (nSPS) is 13.8. The molecule has 3 heterocycles. The first-order valence-electron chi connectivity index (χ1n) is 14.8. The van der Waals surface area contributed by atoms with E-state index in [0.29, 0.717) is 58.6 Å². The number of carbonyl (C=O) groups is 4. The first kappa shape index (κ1) is 31.7. The van der Waals surface area contributed by atoms with Crippen molar-refractivity contribution in [1.29, 1.82) is 0 Å². The van der Waals surface area contributed by atoms with Crippen molar-refractivity contribution in [2.75, 3.05) is 13.1 Å². The summed E-state index contributed by atoms with van der Waals surface area (Å²) in [6, 6.07) is 27.0. The third-order valence-corrected chi connectivity index (χ3v) is 9.15. The topological polar surface area (TPSA) is 115 Å². The van der Waals surface area contributed by atoms with Crippen LogP contribution in [0.3, 0.4) is 0 Å². The van der Waals surface area contributed by atoms with Crippen LogP contribution in [0.25, 0.3) is 17.1 Å². The molecule has 0 radical (unpaired) electrons. The van der Waals surface area contributed by atoms with Gasteiger partial charge in [-0.2, -0.15) is 0 Å². The number of furan rings is 1. The summed E-state index contributed by atoms with van der Waals surface area (Å²) in [4.78, 5) is 56.6. The van der Waals surface area contributed by atoms with E-state index >= 15 is 0 Å². The van der Waals surface area contributed by atoms with Gasteiger partial charge < -0.3 is 14.3 Å². The average molecular weight is 661 g/mol. The Bertz CT molecular complexity index is 2040. The molecule has 0 aliphatic carbocycles. The summed E-state index contributed by atoms with van der Waals surface area (Å²) in [5.41, 5.74) is 3.38. The van der Waals surface area contributed by atoms with E-state index in [2.05, 4.69) is 15.8 Å². The number of thioether (sulfide) groups is 1. The van der Waals surface area contributed by atoms with Crippen molar-refractivity contribution in [1.82, 2.24) is 19.8 Å². The second-order valence-electron chi connectivity index (χ2n) is 10.5. The lowest BCUT2D eigenvalue weighted by molar-refractivity contribution is -0.122. The Morgan fingerprint density at radius 2 is 1.64 bits per heavy atom. The van der Waals surface area contributed by atoms with Crippen molar-refractivity contribution in [3.05, 3.63) is 118 Å². The number of rotatable bonds is 12. The van der Waals surface area contributed by atoms with Crippen molar-refractivity contribution in [2.24, 2.45) is 0 Å². The molecule has 9 nitrogen and oxygen atoms in total. The highest BCUT2D eigenvalue weighted by Crippen LogP contribution is 2.35. The summed E-state index contributed by atoms with van der Waals surface area (Å²) < 4.78 is 8.06. The number of aromatic nitrogens is 2. The van der Waals surface area contributed by atoms with Crippen molar-refractivity contribution in [3.63, 3.8) is 0 Å². The number of aryl methyl sites for hydroxylation is 1. The van der Waals surface area contributed by atoms with Gasteiger partial charge in [-0.05, 0) is 66.3 Å². The Morgan fingerprint density at radius 1 is 0.915 bits per heavy atom.